The summed E-state index contributed by atoms with van der Waals surface area (Å²) in [6.07, 6.45) is 39.7. The molecule has 0 aliphatic carbocycles. The number of nitrogens with zero attached hydrogens (tertiary/aromatic N) is 2. The Morgan fingerprint density at radius 1 is 0.468 bits per heavy atom. The molecule has 0 aromatic rings. The van der Waals surface area contributed by atoms with Crippen LogP contribution in [0.3, 0.4) is 0 Å². The summed E-state index contributed by atoms with van der Waals surface area (Å²) in [5, 5.41) is 6.14. The Balaban J connectivity index is 4.83. The van der Waals surface area contributed by atoms with Crippen LogP contribution in [0.25, 0.3) is 0 Å². The Morgan fingerprint density at radius 3 is 1.23 bits per heavy atom. The minimum atomic E-state index is -0.203. The predicted molar refractivity (Wildman–Crippen MR) is 260 cm³/mol. The Kier molecular flexibility index (Phi) is 38.5. The van der Waals surface area contributed by atoms with Crippen molar-refractivity contribution in [3.63, 3.8) is 0 Å². The van der Waals surface area contributed by atoms with E-state index in [1.165, 1.54) is 162 Å². The van der Waals surface area contributed by atoms with Gasteiger partial charge in [-0.1, -0.05) is 147 Å². The number of unbranched alkanes of at least 4 members (excludes halogenated alkanes) is 20. The van der Waals surface area contributed by atoms with Crippen molar-refractivity contribution in [2.75, 3.05) is 81.7 Å². The highest BCUT2D eigenvalue weighted by molar-refractivity contribution is 5.76. The van der Waals surface area contributed by atoms with Gasteiger partial charge in [0.15, 0.2) is 13.1 Å². The highest BCUT2D eigenvalue weighted by Crippen LogP contribution is 2.30. The van der Waals surface area contributed by atoms with E-state index in [9.17, 15) is 19.2 Å². The number of hydrogen-bond acceptors (Lipinski definition) is 6. The summed E-state index contributed by atoms with van der Waals surface area (Å²) in [5.74, 6) is 0.607. The van der Waals surface area contributed by atoms with Crippen LogP contribution in [0.2, 0.25) is 0 Å². The highest BCUT2D eigenvalue weighted by Gasteiger charge is 2.21. The number of amides is 2. The van der Waals surface area contributed by atoms with Gasteiger partial charge in [0.2, 0.25) is 11.8 Å². The Labute approximate surface area is 383 Å². The molecule has 10 nitrogen and oxygen atoms in total. The molecular weight excluding hydrogens is 777 g/mol. The number of quaternary nitrogens is 2. The second-order valence-electron chi connectivity index (χ2n) is 19.7. The molecule has 2 N–H and O–H groups in total. The van der Waals surface area contributed by atoms with Crippen LogP contribution in [0.15, 0.2) is 11.6 Å². The van der Waals surface area contributed by atoms with Crippen LogP contribution in [-0.2, 0) is 28.7 Å². The lowest BCUT2D eigenvalue weighted by atomic mass is 9.84. The first-order valence-corrected chi connectivity index (χ1v) is 25.8. The van der Waals surface area contributed by atoms with E-state index >= 15 is 0 Å². The Hall–Kier alpha value is -2.46. The zero-order chi connectivity index (χ0) is 46.2. The van der Waals surface area contributed by atoms with E-state index < -0.39 is 0 Å². The maximum absolute atomic E-state index is 12.4. The van der Waals surface area contributed by atoms with Crippen molar-refractivity contribution in [2.24, 2.45) is 5.92 Å². The lowest BCUT2D eigenvalue weighted by Gasteiger charge is -2.28. The number of hydrogen-bond donors (Lipinski definition) is 2. The third-order valence-corrected chi connectivity index (χ3v) is 12.6. The second-order valence-corrected chi connectivity index (χ2v) is 19.7. The second kappa shape index (κ2) is 40.1. The van der Waals surface area contributed by atoms with Crippen LogP contribution < -0.4 is 10.6 Å². The molecule has 1 unspecified atom stereocenters. The van der Waals surface area contributed by atoms with Crippen molar-refractivity contribution in [3.8, 4) is 0 Å². The molecule has 10 heteroatoms. The molecule has 0 saturated heterocycles. The smallest absolute Gasteiger partial charge is 0.361 e. The van der Waals surface area contributed by atoms with E-state index in [1.54, 1.807) is 5.57 Å². The molecule has 0 rings (SSSR count). The molecule has 0 aliphatic heterocycles. The summed E-state index contributed by atoms with van der Waals surface area (Å²) in [5.41, 5.74) is 1.76. The standard InChI is InChI=1S/C52H100N4O6/c1-9-11-13-15-21-27-35-47(37-29-23-17-19-25-31-39-49(57)53-41-33-43-55(3,4)45-51(59)61-7)48(36-28-22-16-14-12-10-2)38-30-24-18-20-26-32-40-50(58)54-42-34-44-56(5,6)46-52(60)62-8/h37,48H,9-36,38-46H2,1-8H3/p+2. The zero-order valence-corrected chi connectivity index (χ0v) is 42.2. The average molecular weight is 879 g/mol. The number of nitrogens with one attached hydrogen (secondary N) is 2. The zero-order valence-electron chi connectivity index (χ0n) is 42.2. The van der Waals surface area contributed by atoms with Crippen molar-refractivity contribution in [1.82, 2.24) is 10.6 Å². The molecule has 364 valence electrons. The van der Waals surface area contributed by atoms with Gasteiger partial charge in [0.1, 0.15) is 0 Å². The largest absolute Gasteiger partial charge is 0.465 e. The third-order valence-electron chi connectivity index (χ3n) is 12.6. The fraction of sp³-hybridized carbons (Fsp3) is 0.885. The maximum Gasteiger partial charge on any atom is 0.361 e. The van der Waals surface area contributed by atoms with Gasteiger partial charge in [-0.05, 0) is 57.3 Å². The van der Waals surface area contributed by atoms with Gasteiger partial charge >= 0.3 is 11.9 Å². The minimum absolute atomic E-state index is 0.143. The summed E-state index contributed by atoms with van der Waals surface area (Å²) in [7, 11) is 10.9. The number of carbonyl (C=O) groups excluding carboxylic acids is 4. The van der Waals surface area contributed by atoms with Crippen LogP contribution >= 0.6 is 0 Å². The topological polar surface area (TPSA) is 111 Å². The van der Waals surface area contributed by atoms with Crippen LogP contribution in [0.1, 0.15) is 213 Å². The quantitative estimate of drug-likeness (QED) is 0.0273. The Morgan fingerprint density at radius 2 is 0.823 bits per heavy atom. The van der Waals surface area contributed by atoms with Crippen molar-refractivity contribution >= 4 is 23.8 Å². The van der Waals surface area contributed by atoms with Crippen molar-refractivity contribution in [2.45, 2.75) is 213 Å². The molecular formula is C52H102N4O6+2. The minimum Gasteiger partial charge on any atom is -0.465 e. The molecule has 0 radical (unpaired) electrons. The van der Waals surface area contributed by atoms with E-state index in [2.05, 4.69) is 30.6 Å². The Bertz CT molecular complexity index is 1160. The van der Waals surface area contributed by atoms with Crippen LogP contribution in [0.5, 0.6) is 0 Å². The lowest BCUT2D eigenvalue weighted by Crippen LogP contribution is -2.45. The van der Waals surface area contributed by atoms with E-state index in [4.69, 9.17) is 9.47 Å². The third kappa shape index (κ3) is 38.0. The van der Waals surface area contributed by atoms with Gasteiger partial charge in [0, 0.05) is 38.8 Å². The number of rotatable bonds is 44. The van der Waals surface area contributed by atoms with E-state index in [0.717, 1.165) is 57.5 Å². The fourth-order valence-corrected chi connectivity index (χ4v) is 8.53. The van der Waals surface area contributed by atoms with Crippen LogP contribution in [0, 0.1) is 5.92 Å². The number of esters is 2. The lowest BCUT2D eigenvalue weighted by molar-refractivity contribution is -0.883. The molecule has 62 heavy (non-hydrogen) atoms. The normalized spacial score (nSPS) is 12.6. The van der Waals surface area contributed by atoms with Gasteiger partial charge < -0.3 is 29.1 Å². The summed E-state index contributed by atoms with van der Waals surface area (Å²) in [4.78, 5) is 48.0. The average Bonchev–Trinajstić information content (AvgIpc) is 3.23. The molecule has 0 saturated carbocycles. The molecule has 1 atom stereocenters. The first-order chi connectivity index (χ1) is 29.8. The van der Waals surface area contributed by atoms with Crippen LogP contribution in [-0.4, -0.2) is 114 Å². The summed E-state index contributed by atoms with van der Waals surface area (Å²) >= 11 is 0. The number of ether oxygens (including phenoxy) is 2. The van der Waals surface area contributed by atoms with Crippen molar-refractivity contribution in [3.05, 3.63) is 11.6 Å². The van der Waals surface area contributed by atoms with Gasteiger partial charge in [-0.2, -0.15) is 0 Å². The predicted octanol–water partition coefficient (Wildman–Crippen LogP) is 11.4. The molecule has 0 fully saturated rings. The highest BCUT2D eigenvalue weighted by atomic mass is 16.5. The summed E-state index contributed by atoms with van der Waals surface area (Å²) in [6.45, 7) is 8.23. The molecule has 0 aromatic carbocycles. The first kappa shape index (κ1) is 59.5. The van der Waals surface area contributed by atoms with Crippen molar-refractivity contribution < 1.29 is 37.6 Å². The number of methoxy groups -OCH3 is 2. The number of carbonyl (C=O) groups is 4. The molecule has 0 heterocycles. The summed E-state index contributed by atoms with van der Waals surface area (Å²) in [6, 6.07) is 0. The maximum atomic E-state index is 12.4. The summed E-state index contributed by atoms with van der Waals surface area (Å²) < 4.78 is 10.7. The van der Waals surface area contributed by atoms with Gasteiger partial charge in [0.25, 0.3) is 0 Å². The van der Waals surface area contributed by atoms with Gasteiger partial charge in [-0.25, -0.2) is 9.59 Å². The van der Waals surface area contributed by atoms with E-state index in [-0.39, 0.29) is 23.8 Å². The molecule has 2 amide bonds. The van der Waals surface area contributed by atoms with Gasteiger partial charge in [-0.3, -0.25) is 9.59 Å². The van der Waals surface area contributed by atoms with Crippen molar-refractivity contribution in [1.29, 1.82) is 0 Å². The first-order valence-electron chi connectivity index (χ1n) is 25.8. The molecule has 0 aliphatic rings. The molecule has 0 aromatic heterocycles. The van der Waals surface area contributed by atoms with Gasteiger partial charge in [-0.15, -0.1) is 0 Å². The molecule has 0 bridgehead atoms. The SMILES string of the molecule is CCCCCCCCC(=CCCCCCCCC(=O)NCCC[N+](C)(C)CC(=O)OC)C(CCCCCCCC)CCCCCCCCC(=O)NCCC[N+](C)(C)CC(=O)OC. The van der Waals surface area contributed by atoms with Crippen LogP contribution in [0.4, 0.5) is 0 Å². The number of likely N-dealkylation sites (N-methyl/N-ethyl adjacent to an activating group) is 2. The van der Waals surface area contributed by atoms with E-state index in [1.807, 2.05) is 28.2 Å². The molecule has 0 spiro atoms. The number of allylic oxidation sites excluding steroid dienone is 2. The monoisotopic (exact) mass is 879 g/mol. The van der Waals surface area contributed by atoms with E-state index in [0.29, 0.717) is 48.0 Å². The van der Waals surface area contributed by atoms with Gasteiger partial charge in [0.05, 0.1) is 55.5 Å². The fourth-order valence-electron chi connectivity index (χ4n) is 8.53.